The second-order valence-electron chi connectivity index (χ2n) is 5.63. The van der Waals surface area contributed by atoms with Gasteiger partial charge in [-0.3, -0.25) is 14.9 Å². The fourth-order valence-corrected chi connectivity index (χ4v) is 2.38. The first-order valence-electron chi connectivity index (χ1n) is 7.46. The Labute approximate surface area is 134 Å². The lowest BCUT2D eigenvalue weighted by Crippen LogP contribution is -2.31. The number of pyridine rings is 1. The molecule has 6 nitrogen and oxygen atoms in total. The van der Waals surface area contributed by atoms with Gasteiger partial charge in [-0.1, -0.05) is 12.1 Å². The molecule has 0 fully saturated rings. The highest BCUT2D eigenvalue weighted by Crippen LogP contribution is 2.24. The molecule has 0 unspecified atom stereocenters. The average Bonchev–Trinajstić information content (AvgIpc) is 2.98. The van der Waals surface area contributed by atoms with Crippen molar-refractivity contribution in [3.05, 3.63) is 48.4 Å². The van der Waals surface area contributed by atoms with Gasteiger partial charge in [-0.25, -0.2) is 0 Å². The number of likely N-dealkylation sites (N-methyl/N-ethyl adjacent to an activating group) is 1. The second-order valence-corrected chi connectivity index (χ2v) is 5.63. The minimum atomic E-state index is -0.165. The molecule has 0 radical (unpaired) electrons. The number of carbonyl (C=O) groups is 1. The van der Waals surface area contributed by atoms with Crippen LogP contribution in [-0.2, 0) is 0 Å². The zero-order valence-electron chi connectivity index (χ0n) is 13.2. The van der Waals surface area contributed by atoms with E-state index in [0.717, 1.165) is 28.6 Å². The fourth-order valence-electron chi connectivity index (χ4n) is 2.38. The van der Waals surface area contributed by atoms with Crippen molar-refractivity contribution >= 4 is 16.8 Å². The van der Waals surface area contributed by atoms with Gasteiger partial charge >= 0.3 is 0 Å². The summed E-state index contributed by atoms with van der Waals surface area (Å²) in [6.07, 6.45) is 3.54. The van der Waals surface area contributed by atoms with Gasteiger partial charge < -0.3 is 10.2 Å². The van der Waals surface area contributed by atoms with E-state index in [0.29, 0.717) is 12.2 Å². The van der Waals surface area contributed by atoms with Crippen LogP contribution in [0.3, 0.4) is 0 Å². The van der Waals surface area contributed by atoms with Crippen LogP contribution in [0.2, 0.25) is 0 Å². The highest BCUT2D eigenvalue weighted by atomic mass is 16.1. The third-order valence-corrected chi connectivity index (χ3v) is 3.62. The summed E-state index contributed by atoms with van der Waals surface area (Å²) in [5.74, 6) is -0.165. The van der Waals surface area contributed by atoms with Crippen LogP contribution >= 0.6 is 0 Å². The van der Waals surface area contributed by atoms with Gasteiger partial charge in [-0.15, -0.1) is 0 Å². The first-order valence-corrected chi connectivity index (χ1v) is 7.46. The molecule has 23 heavy (non-hydrogen) atoms. The number of aromatic nitrogens is 3. The Balaban J connectivity index is 1.88. The molecule has 0 saturated carbocycles. The van der Waals surface area contributed by atoms with Gasteiger partial charge in [0.05, 0.1) is 5.52 Å². The third kappa shape index (κ3) is 3.37. The van der Waals surface area contributed by atoms with Gasteiger partial charge in [-0.05, 0) is 37.9 Å². The molecule has 0 aliphatic heterocycles. The molecular weight excluding hydrogens is 290 g/mol. The molecule has 2 N–H and O–H groups in total. The summed E-state index contributed by atoms with van der Waals surface area (Å²) < 4.78 is 0. The van der Waals surface area contributed by atoms with Crippen molar-refractivity contribution in [2.24, 2.45) is 0 Å². The number of carbonyl (C=O) groups excluding carboxylic acids is 1. The maximum Gasteiger partial charge on any atom is 0.272 e. The molecule has 3 aromatic rings. The van der Waals surface area contributed by atoms with Crippen molar-refractivity contribution in [1.29, 1.82) is 0 Å². The molecule has 118 valence electrons. The molecule has 0 atom stereocenters. The van der Waals surface area contributed by atoms with Crippen LogP contribution in [-0.4, -0.2) is 53.2 Å². The van der Waals surface area contributed by atoms with Gasteiger partial charge in [0, 0.05) is 36.4 Å². The van der Waals surface area contributed by atoms with Gasteiger partial charge in [-0.2, -0.15) is 5.10 Å². The average molecular weight is 309 g/mol. The van der Waals surface area contributed by atoms with Crippen molar-refractivity contribution in [3.63, 3.8) is 0 Å². The normalized spacial score (nSPS) is 11.1. The molecule has 1 aromatic carbocycles. The van der Waals surface area contributed by atoms with Crippen LogP contribution < -0.4 is 5.32 Å². The van der Waals surface area contributed by atoms with Crippen LogP contribution in [0.1, 0.15) is 10.5 Å². The van der Waals surface area contributed by atoms with Crippen molar-refractivity contribution in [3.8, 4) is 11.1 Å². The Morgan fingerprint density at radius 2 is 2.13 bits per heavy atom. The molecule has 6 heteroatoms. The fraction of sp³-hybridized carbons (Fsp3) is 0.235. The summed E-state index contributed by atoms with van der Waals surface area (Å²) in [5, 5.41) is 10.8. The van der Waals surface area contributed by atoms with Gasteiger partial charge in [0.1, 0.15) is 0 Å². The minimum Gasteiger partial charge on any atom is -0.349 e. The zero-order chi connectivity index (χ0) is 16.2. The summed E-state index contributed by atoms with van der Waals surface area (Å²) in [5.41, 5.74) is 3.28. The standard InChI is InChI=1S/C17H19N5O/c1-22(2)9-8-19-17(23)16-14-10-12(5-6-15(14)20-21-16)13-4-3-7-18-11-13/h3-7,10-11H,8-9H2,1-2H3,(H,19,23)(H,20,21). The number of H-pyrrole nitrogens is 1. The van der Waals surface area contributed by atoms with Crippen LogP contribution in [0.4, 0.5) is 0 Å². The van der Waals surface area contributed by atoms with E-state index in [2.05, 4.69) is 20.5 Å². The van der Waals surface area contributed by atoms with Crippen LogP contribution in [0.5, 0.6) is 0 Å². The summed E-state index contributed by atoms with van der Waals surface area (Å²) in [4.78, 5) is 18.5. The van der Waals surface area contributed by atoms with Crippen molar-refractivity contribution in [2.75, 3.05) is 27.2 Å². The first-order chi connectivity index (χ1) is 11.1. The predicted molar refractivity (Wildman–Crippen MR) is 90.2 cm³/mol. The highest BCUT2D eigenvalue weighted by molar-refractivity contribution is 6.05. The Bertz CT molecular complexity index is 810. The molecule has 0 aliphatic carbocycles. The van der Waals surface area contributed by atoms with E-state index in [1.165, 1.54) is 0 Å². The molecule has 3 rings (SSSR count). The molecule has 2 heterocycles. The lowest BCUT2D eigenvalue weighted by molar-refractivity contribution is 0.0947. The van der Waals surface area contributed by atoms with Crippen LogP contribution in [0, 0.1) is 0 Å². The number of rotatable bonds is 5. The van der Waals surface area contributed by atoms with Gasteiger partial charge in [0.25, 0.3) is 5.91 Å². The van der Waals surface area contributed by atoms with E-state index < -0.39 is 0 Å². The van der Waals surface area contributed by atoms with E-state index in [4.69, 9.17) is 0 Å². The van der Waals surface area contributed by atoms with E-state index in [-0.39, 0.29) is 5.91 Å². The number of hydrogen-bond donors (Lipinski definition) is 2. The quantitative estimate of drug-likeness (QED) is 0.755. The SMILES string of the molecule is CN(C)CCNC(=O)c1n[nH]c2ccc(-c3cccnc3)cc12. The number of aromatic amines is 1. The lowest BCUT2D eigenvalue weighted by atomic mass is 10.0. The largest absolute Gasteiger partial charge is 0.349 e. The second kappa shape index (κ2) is 6.58. The zero-order valence-corrected chi connectivity index (χ0v) is 13.2. The molecular formula is C17H19N5O. The Hall–Kier alpha value is -2.73. The lowest BCUT2D eigenvalue weighted by Gasteiger charge is -2.09. The summed E-state index contributed by atoms with van der Waals surface area (Å²) in [6.45, 7) is 1.37. The maximum absolute atomic E-state index is 12.3. The molecule has 1 amide bonds. The molecule has 0 spiro atoms. The molecule has 2 aromatic heterocycles. The molecule has 0 saturated heterocycles. The number of fused-ring (bicyclic) bond motifs is 1. The van der Waals surface area contributed by atoms with E-state index in [1.807, 2.05) is 49.3 Å². The molecule has 0 bridgehead atoms. The summed E-state index contributed by atoms with van der Waals surface area (Å²) in [6, 6.07) is 9.78. The molecule has 0 aliphatic rings. The van der Waals surface area contributed by atoms with Gasteiger partial charge in [0.15, 0.2) is 5.69 Å². The predicted octanol–water partition coefficient (Wildman–Crippen LogP) is 1.92. The highest BCUT2D eigenvalue weighted by Gasteiger charge is 2.14. The van der Waals surface area contributed by atoms with E-state index in [1.54, 1.807) is 12.4 Å². The van der Waals surface area contributed by atoms with E-state index in [9.17, 15) is 4.79 Å². The topological polar surface area (TPSA) is 73.9 Å². The number of nitrogens with zero attached hydrogens (tertiary/aromatic N) is 3. The van der Waals surface area contributed by atoms with E-state index >= 15 is 0 Å². The Kier molecular flexibility index (Phi) is 4.34. The van der Waals surface area contributed by atoms with Gasteiger partial charge in [0.2, 0.25) is 0 Å². The number of amides is 1. The Morgan fingerprint density at radius 1 is 1.26 bits per heavy atom. The van der Waals surface area contributed by atoms with Crippen molar-refractivity contribution < 1.29 is 4.79 Å². The first kappa shape index (κ1) is 15.2. The third-order valence-electron chi connectivity index (χ3n) is 3.62. The number of benzene rings is 1. The Morgan fingerprint density at radius 3 is 2.87 bits per heavy atom. The number of nitrogens with one attached hydrogen (secondary N) is 2. The van der Waals surface area contributed by atoms with Crippen molar-refractivity contribution in [1.82, 2.24) is 25.4 Å². The number of hydrogen-bond acceptors (Lipinski definition) is 4. The summed E-state index contributed by atoms with van der Waals surface area (Å²) >= 11 is 0. The smallest absolute Gasteiger partial charge is 0.272 e. The summed E-state index contributed by atoms with van der Waals surface area (Å²) in [7, 11) is 3.94. The van der Waals surface area contributed by atoms with Crippen LogP contribution in [0.25, 0.3) is 22.0 Å². The monoisotopic (exact) mass is 309 g/mol. The maximum atomic E-state index is 12.3. The van der Waals surface area contributed by atoms with Crippen molar-refractivity contribution in [2.45, 2.75) is 0 Å². The minimum absolute atomic E-state index is 0.165. The van der Waals surface area contributed by atoms with Crippen LogP contribution in [0.15, 0.2) is 42.7 Å².